The molecule has 1 aromatic heterocycles. The number of halogens is 1. The Morgan fingerprint density at radius 1 is 1.30 bits per heavy atom. The summed E-state index contributed by atoms with van der Waals surface area (Å²) in [5, 5.41) is 26.9. The number of aromatic nitrogens is 3. The van der Waals surface area contributed by atoms with Gasteiger partial charge in [-0.3, -0.25) is 0 Å². The minimum Gasteiger partial charge on any atom is -0.387 e. The lowest BCUT2D eigenvalue weighted by atomic mass is 10.1. The van der Waals surface area contributed by atoms with E-state index in [1.165, 1.54) is 0 Å². The van der Waals surface area contributed by atoms with E-state index in [-0.39, 0.29) is 6.61 Å². The lowest BCUT2D eigenvalue weighted by Gasteiger charge is -2.32. The average Bonchev–Trinajstić information content (AvgIpc) is 3.02. The highest BCUT2D eigenvalue weighted by molar-refractivity contribution is 7.98. The third-order valence-corrected chi connectivity index (χ3v) is 4.33. The van der Waals surface area contributed by atoms with Crippen molar-refractivity contribution in [3.8, 4) is 0 Å². The molecule has 0 aliphatic carbocycles. The van der Waals surface area contributed by atoms with Gasteiger partial charge in [0.1, 0.15) is 12.2 Å². The molecule has 2 aromatic rings. The standard InChI is InChI=1S/C14H16FN3O4S/c15-11-7-21-14(13(20)12(11)19)22-18-6-9(16-17-18)8-23-10-4-2-1-3-5-10/h1-6,11-14,19-20H,7-8H2/t11-,12+,13-,14+/m1/s1. The fraction of sp³-hybridized carbons (Fsp3) is 0.429. The molecule has 0 amide bonds. The number of hydrogen-bond acceptors (Lipinski definition) is 7. The number of alkyl halides is 1. The van der Waals surface area contributed by atoms with Crippen molar-refractivity contribution in [2.24, 2.45) is 0 Å². The summed E-state index contributed by atoms with van der Waals surface area (Å²) in [5.74, 6) is 0.594. The van der Waals surface area contributed by atoms with Crippen LogP contribution in [0.1, 0.15) is 5.69 Å². The fourth-order valence-electron chi connectivity index (χ4n) is 2.03. The molecule has 0 spiro atoms. The van der Waals surface area contributed by atoms with Crippen molar-refractivity contribution in [2.45, 2.75) is 35.3 Å². The number of thioether (sulfide) groups is 1. The highest BCUT2D eigenvalue weighted by atomic mass is 32.2. The summed E-state index contributed by atoms with van der Waals surface area (Å²) < 4.78 is 18.2. The van der Waals surface area contributed by atoms with E-state index in [4.69, 9.17) is 9.57 Å². The van der Waals surface area contributed by atoms with Crippen molar-refractivity contribution in [3.05, 3.63) is 42.2 Å². The van der Waals surface area contributed by atoms with Gasteiger partial charge in [0.15, 0.2) is 6.17 Å². The van der Waals surface area contributed by atoms with Crippen LogP contribution >= 0.6 is 11.8 Å². The van der Waals surface area contributed by atoms with E-state index < -0.39 is 24.7 Å². The normalized spacial score (nSPS) is 27.8. The van der Waals surface area contributed by atoms with E-state index in [9.17, 15) is 14.6 Å². The molecule has 1 fully saturated rings. The average molecular weight is 341 g/mol. The molecule has 23 heavy (non-hydrogen) atoms. The summed E-state index contributed by atoms with van der Waals surface area (Å²) in [5.41, 5.74) is 0.674. The summed E-state index contributed by atoms with van der Waals surface area (Å²) in [7, 11) is 0. The molecule has 4 atom stereocenters. The van der Waals surface area contributed by atoms with Crippen LogP contribution in [0.15, 0.2) is 41.4 Å². The van der Waals surface area contributed by atoms with Crippen molar-refractivity contribution in [1.82, 2.24) is 15.2 Å². The van der Waals surface area contributed by atoms with Gasteiger partial charge in [0.05, 0.1) is 18.5 Å². The van der Waals surface area contributed by atoms with Crippen LogP contribution in [0.3, 0.4) is 0 Å². The van der Waals surface area contributed by atoms with E-state index in [1.807, 2.05) is 30.3 Å². The second-order valence-electron chi connectivity index (χ2n) is 5.02. The van der Waals surface area contributed by atoms with Crippen molar-refractivity contribution in [2.75, 3.05) is 6.61 Å². The molecular weight excluding hydrogens is 325 g/mol. The molecule has 1 aromatic carbocycles. The first-order valence-corrected chi connectivity index (χ1v) is 8.00. The Morgan fingerprint density at radius 3 is 2.87 bits per heavy atom. The number of aliphatic hydroxyl groups is 2. The van der Waals surface area contributed by atoms with Crippen LogP contribution < -0.4 is 4.84 Å². The minimum atomic E-state index is -1.64. The van der Waals surface area contributed by atoms with Crippen LogP contribution in [-0.4, -0.2) is 56.6 Å². The van der Waals surface area contributed by atoms with Crippen molar-refractivity contribution in [1.29, 1.82) is 0 Å². The fourth-order valence-corrected chi connectivity index (χ4v) is 2.83. The molecule has 124 valence electrons. The second kappa shape index (κ2) is 7.26. The summed E-state index contributed by atoms with van der Waals surface area (Å²) in [6.07, 6.45) is -4.35. The molecule has 0 bridgehead atoms. The maximum absolute atomic E-state index is 13.2. The number of aliphatic hydroxyl groups excluding tert-OH is 2. The predicted octanol–water partition coefficient (Wildman–Crippen LogP) is 0.415. The number of hydrogen-bond donors (Lipinski definition) is 2. The Kier molecular flexibility index (Phi) is 5.11. The molecule has 0 saturated carbocycles. The number of ether oxygens (including phenoxy) is 1. The molecular formula is C14H16FN3O4S. The van der Waals surface area contributed by atoms with Gasteiger partial charge in [-0.05, 0) is 17.3 Å². The predicted molar refractivity (Wildman–Crippen MR) is 79.3 cm³/mol. The number of nitrogens with zero attached hydrogens (tertiary/aromatic N) is 3. The van der Waals surface area contributed by atoms with Gasteiger partial charge >= 0.3 is 0 Å². The smallest absolute Gasteiger partial charge is 0.255 e. The summed E-state index contributed by atoms with van der Waals surface area (Å²) >= 11 is 1.59. The molecule has 1 saturated heterocycles. The Bertz CT molecular complexity index is 629. The van der Waals surface area contributed by atoms with Gasteiger partial charge in [0.2, 0.25) is 0 Å². The largest absolute Gasteiger partial charge is 0.387 e. The number of rotatable bonds is 5. The Balaban J connectivity index is 1.55. The maximum atomic E-state index is 13.2. The van der Waals surface area contributed by atoms with Crippen LogP contribution in [0, 0.1) is 0 Å². The van der Waals surface area contributed by atoms with Crippen LogP contribution in [0.25, 0.3) is 0 Å². The van der Waals surface area contributed by atoms with E-state index in [2.05, 4.69) is 10.3 Å². The Morgan fingerprint density at radius 2 is 2.09 bits per heavy atom. The third kappa shape index (κ3) is 3.99. The minimum absolute atomic E-state index is 0.353. The van der Waals surface area contributed by atoms with Gasteiger partial charge in [-0.1, -0.05) is 23.0 Å². The van der Waals surface area contributed by atoms with Crippen molar-refractivity contribution >= 4 is 11.8 Å². The molecule has 1 aliphatic rings. The SMILES string of the molecule is O[C@@H]1[C@@H](O)[C@H](On2cc(CSc3ccccc3)nn2)OC[C@H]1F. The number of benzene rings is 1. The van der Waals surface area contributed by atoms with Crippen LogP contribution in [-0.2, 0) is 10.5 Å². The summed E-state index contributed by atoms with van der Waals surface area (Å²) in [6.45, 7) is -0.353. The monoisotopic (exact) mass is 341 g/mol. The zero-order chi connectivity index (χ0) is 16.2. The molecule has 1 aliphatic heterocycles. The molecule has 9 heteroatoms. The first-order chi connectivity index (χ1) is 11.1. The highest BCUT2D eigenvalue weighted by Crippen LogP contribution is 2.21. The quantitative estimate of drug-likeness (QED) is 0.762. The van der Waals surface area contributed by atoms with Gasteiger partial charge in [-0.2, -0.15) is 0 Å². The van der Waals surface area contributed by atoms with Crippen LogP contribution in [0.5, 0.6) is 0 Å². The summed E-state index contributed by atoms with van der Waals surface area (Å²) in [4.78, 5) is 7.40. The molecule has 3 rings (SSSR count). The topological polar surface area (TPSA) is 89.6 Å². The van der Waals surface area contributed by atoms with E-state index in [0.29, 0.717) is 11.4 Å². The molecule has 2 heterocycles. The van der Waals surface area contributed by atoms with Crippen molar-refractivity contribution < 1.29 is 24.2 Å². The van der Waals surface area contributed by atoms with Crippen molar-refractivity contribution in [3.63, 3.8) is 0 Å². The zero-order valence-corrected chi connectivity index (χ0v) is 12.8. The molecule has 7 nitrogen and oxygen atoms in total. The Labute approximate surface area is 136 Å². The highest BCUT2D eigenvalue weighted by Gasteiger charge is 2.40. The van der Waals surface area contributed by atoms with Crippen LogP contribution in [0.2, 0.25) is 0 Å². The lowest BCUT2D eigenvalue weighted by molar-refractivity contribution is -0.264. The Hall–Kier alpha value is -1.68. The van der Waals surface area contributed by atoms with Gasteiger partial charge < -0.3 is 19.8 Å². The molecule has 0 radical (unpaired) electrons. The van der Waals surface area contributed by atoms with Gasteiger partial charge in [-0.15, -0.1) is 16.9 Å². The first kappa shape index (κ1) is 16.2. The molecule has 2 N–H and O–H groups in total. The van der Waals surface area contributed by atoms with E-state index in [1.54, 1.807) is 18.0 Å². The van der Waals surface area contributed by atoms with Crippen LogP contribution in [0.4, 0.5) is 4.39 Å². The van der Waals surface area contributed by atoms with Gasteiger partial charge in [0, 0.05) is 10.6 Å². The maximum Gasteiger partial charge on any atom is 0.255 e. The molecule has 0 unspecified atom stereocenters. The van der Waals surface area contributed by atoms with E-state index >= 15 is 0 Å². The summed E-state index contributed by atoms with van der Waals surface area (Å²) in [6, 6.07) is 9.83. The lowest BCUT2D eigenvalue weighted by Crippen LogP contribution is -2.54. The third-order valence-electron chi connectivity index (χ3n) is 3.28. The van der Waals surface area contributed by atoms with Gasteiger partial charge in [-0.25, -0.2) is 4.39 Å². The van der Waals surface area contributed by atoms with Gasteiger partial charge in [0.25, 0.3) is 6.29 Å². The zero-order valence-electron chi connectivity index (χ0n) is 12.0. The second-order valence-corrected chi connectivity index (χ2v) is 6.07. The van der Waals surface area contributed by atoms with E-state index in [0.717, 1.165) is 9.74 Å². The first-order valence-electron chi connectivity index (χ1n) is 7.01.